The second-order valence-electron chi connectivity index (χ2n) is 8.81. The van der Waals surface area contributed by atoms with Gasteiger partial charge in [-0.2, -0.15) is 5.10 Å². The number of aromatic nitrogens is 3. The van der Waals surface area contributed by atoms with Crippen LogP contribution < -0.4 is 20.1 Å². The molecule has 34 heavy (non-hydrogen) atoms. The third-order valence-electron chi connectivity index (χ3n) is 5.33. The van der Waals surface area contributed by atoms with Crippen molar-refractivity contribution in [3.05, 3.63) is 52.3 Å². The Balaban J connectivity index is 1.83. The first kappa shape index (κ1) is 25.4. The number of rotatable bonds is 9. The van der Waals surface area contributed by atoms with Gasteiger partial charge in [0.1, 0.15) is 11.5 Å². The standard InChI is InChI=1S/C25H33N5O3S/c1-8-34-23(24(31)28-21-13-20(29-30-21)25(3,4)5)15(2)27-14-16-9-10-26-18-11-17(32-6)12-19(33-7)22(16)18/h9-13,27H,8,14H2,1-7H3,(H2,28,29,30,31)/b23-15+. The van der Waals surface area contributed by atoms with Crippen molar-refractivity contribution < 1.29 is 14.3 Å². The molecule has 0 bridgehead atoms. The van der Waals surface area contributed by atoms with Crippen molar-refractivity contribution in [1.82, 2.24) is 20.5 Å². The highest BCUT2D eigenvalue weighted by atomic mass is 32.2. The number of carbonyl (C=O) groups excluding carboxylic acids is 1. The molecule has 0 atom stereocenters. The van der Waals surface area contributed by atoms with E-state index >= 15 is 0 Å². The molecule has 0 fully saturated rings. The second kappa shape index (κ2) is 10.8. The molecule has 0 unspecified atom stereocenters. The number of H-pyrrole nitrogens is 1. The van der Waals surface area contributed by atoms with Crippen molar-refractivity contribution in [2.24, 2.45) is 0 Å². The summed E-state index contributed by atoms with van der Waals surface area (Å²) in [6, 6.07) is 7.55. The summed E-state index contributed by atoms with van der Waals surface area (Å²) in [6.45, 7) is 10.7. The van der Waals surface area contributed by atoms with Gasteiger partial charge >= 0.3 is 0 Å². The lowest BCUT2D eigenvalue weighted by atomic mass is 9.92. The number of thioether (sulfide) groups is 1. The van der Waals surface area contributed by atoms with Crippen LogP contribution in [-0.2, 0) is 16.8 Å². The van der Waals surface area contributed by atoms with Gasteiger partial charge in [0, 0.05) is 53.1 Å². The van der Waals surface area contributed by atoms with Crippen LogP contribution in [0.5, 0.6) is 11.5 Å². The monoisotopic (exact) mass is 483 g/mol. The first-order valence-corrected chi connectivity index (χ1v) is 12.1. The van der Waals surface area contributed by atoms with Gasteiger partial charge in [-0.15, -0.1) is 11.8 Å². The van der Waals surface area contributed by atoms with Gasteiger partial charge in [-0.1, -0.05) is 27.7 Å². The molecule has 0 radical (unpaired) electrons. The van der Waals surface area contributed by atoms with Crippen molar-refractivity contribution >= 4 is 34.4 Å². The molecule has 0 spiro atoms. The first-order chi connectivity index (χ1) is 16.2. The number of benzene rings is 1. The maximum atomic E-state index is 13.1. The molecule has 1 amide bonds. The molecule has 0 aliphatic rings. The molecule has 9 heteroatoms. The number of carbonyl (C=O) groups is 1. The Labute approximate surface area is 204 Å². The Kier molecular flexibility index (Phi) is 8.09. The van der Waals surface area contributed by atoms with Crippen LogP contribution in [0, 0.1) is 0 Å². The number of anilines is 1. The highest BCUT2D eigenvalue weighted by molar-refractivity contribution is 8.04. The van der Waals surface area contributed by atoms with E-state index in [9.17, 15) is 4.79 Å². The molecule has 3 rings (SSSR count). The maximum Gasteiger partial charge on any atom is 0.265 e. The molecular formula is C25H33N5O3S. The van der Waals surface area contributed by atoms with Crippen LogP contribution in [0.3, 0.4) is 0 Å². The predicted molar refractivity (Wildman–Crippen MR) is 138 cm³/mol. The molecule has 2 aromatic heterocycles. The zero-order valence-electron chi connectivity index (χ0n) is 20.8. The predicted octanol–water partition coefficient (Wildman–Crippen LogP) is 4.99. The van der Waals surface area contributed by atoms with Crippen LogP contribution in [0.1, 0.15) is 45.9 Å². The zero-order chi connectivity index (χ0) is 24.9. The Hall–Kier alpha value is -3.20. The molecule has 1 aromatic carbocycles. The molecule has 0 saturated heterocycles. The number of hydrogen-bond acceptors (Lipinski definition) is 7. The number of aromatic amines is 1. The van der Waals surface area contributed by atoms with E-state index in [4.69, 9.17) is 9.47 Å². The summed E-state index contributed by atoms with van der Waals surface area (Å²) in [6.07, 6.45) is 1.76. The second-order valence-corrected chi connectivity index (χ2v) is 10.1. The van der Waals surface area contributed by atoms with E-state index in [-0.39, 0.29) is 11.3 Å². The fraction of sp³-hybridized carbons (Fsp3) is 0.400. The number of pyridine rings is 1. The molecule has 2 heterocycles. The van der Waals surface area contributed by atoms with Crippen LogP contribution in [0.2, 0.25) is 0 Å². The molecule has 0 aliphatic heterocycles. The number of nitrogens with zero attached hydrogens (tertiary/aromatic N) is 2. The van der Waals surface area contributed by atoms with Crippen molar-refractivity contribution in [2.75, 3.05) is 25.3 Å². The van der Waals surface area contributed by atoms with Crippen LogP contribution in [0.15, 0.2) is 41.1 Å². The summed E-state index contributed by atoms with van der Waals surface area (Å²) >= 11 is 1.49. The zero-order valence-corrected chi connectivity index (χ0v) is 21.6. The van der Waals surface area contributed by atoms with E-state index in [0.717, 1.165) is 33.6 Å². The number of hydrogen-bond donors (Lipinski definition) is 3. The van der Waals surface area contributed by atoms with E-state index in [0.29, 0.717) is 28.8 Å². The lowest BCUT2D eigenvalue weighted by Crippen LogP contribution is -2.20. The van der Waals surface area contributed by atoms with Crippen LogP contribution >= 0.6 is 11.8 Å². The Morgan fingerprint density at radius 1 is 1.18 bits per heavy atom. The Bertz CT molecular complexity index is 1200. The fourth-order valence-electron chi connectivity index (χ4n) is 3.46. The number of ether oxygens (including phenoxy) is 2. The van der Waals surface area contributed by atoms with Crippen molar-refractivity contribution in [2.45, 2.75) is 46.6 Å². The minimum atomic E-state index is -0.189. The summed E-state index contributed by atoms with van der Waals surface area (Å²) < 4.78 is 11.0. The van der Waals surface area contributed by atoms with Gasteiger partial charge in [0.05, 0.1) is 24.6 Å². The van der Waals surface area contributed by atoms with Gasteiger partial charge in [-0.25, -0.2) is 0 Å². The summed E-state index contributed by atoms with van der Waals surface area (Å²) in [5.74, 6) is 2.46. The molecule has 0 saturated carbocycles. The minimum Gasteiger partial charge on any atom is -0.497 e. The first-order valence-electron chi connectivity index (χ1n) is 11.1. The molecule has 182 valence electrons. The number of methoxy groups -OCH3 is 2. The SMILES string of the molecule is CCS/C(C(=O)Nc1cc(C(C)(C)C)[nH]n1)=C(\C)NCc1ccnc2cc(OC)cc(OC)c12. The number of fused-ring (bicyclic) bond motifs is 1. The largest absolute Gasteiger partial charge is 0.497 e. The third kappa shape index (κ3) is 5.83. The topological polar surface area (TPSA) is 101 Å². The highest BCUT2D eigenvalue weighted by Gasteiger charge is 2.20. The smallest absolute Gasteiger partial charge is 0.265 e. The van der Waals surface area contributed by atoms with Gasteiger partial charge in [0.15, 0.2) is 5.82 Å². The van der Waals surface area contributed by atoms with Crippen molar-refractivity contribution in [1.29, 1.82) is 0 Å². The summed E-state index contributed by atoms with van der Waals surface area (Å²) in [5.41, 5.74) is 3.45. The summed E-state index contributed by atoms with van der Waals surface area (Å²) in [4.78, 5) is 18.2. The average molecular weight is 484 g/mol. The molecule has 3 N–H and O–H groups in total. The molecule has 8 nitrogen and oxygen atoms in total. The molecular weight excluding hydrogens is 450 g/mol. The van der Waals surface area contributed by atoms with Gasteiger partial charge in [0.25, 0.3) is 5.91 Å². The van der Waals surface area contributed by atoms with Crippen LogP contribution in [0.4, 0.5) is 5.82 Å². The number of amides is 1. The third-order valence-corrected chi connectivity index (χ3v) is 6.40. The average Bonchev–Trinajstić information content (AvgIpc) is 3.29. The van der Waals surface area contributed by atoms with Crippen LogP contribution in [0.25, 0.3) is 10.9 Å². The highest BCUT2D eigenvalue weighted by Crippen LogP contribution is 2.32. The van der Waals surface area contributed by atoms with Gasteiger partial charge < -0.3 is 20.1 Å². The van der Waals surface area contributed by atoms with E-state index in [2.05, 4.69) is 46.6 Å². The lowest BCUT2D eigenvalue weighted by molar-refractivity contribution is -0.112. The lowest BCUT2D eigenvalue weighted by Gasteiger charge is -2.16. The van der Waals surface area contributed by atoms with Crippen molar-refractivity contribution in [3.63, 3.8) is 0 Å². The number of nitrogens with one attached hydrogen (secondary N) is 3. The molecule has 0 aliphatic carbocycles. The van der Waals surface area contributed by atoms with E-state index in [1.807, 2.05) is 38.1 Å². The normalized spacial score (nSPS) is 12.3. The van der Waals surface area contributed by atoms with Gasteiger partial charge in [-0.05, 0) is 24.3 Å². The van der Waals surface area contributed by atoms with Crippen LogP contribution in [-0.4, -0.2) is 41.1 Å². The van der Waals surface area contributed by atoms with Gasteiger partial charge in [-0.3, -0.25) is 14.9 Å². The van der Waals surface area contributed by atoms with Crippen molar-refractivity contribution in [3.8, 4) is 11.5 Å². The maximum absolute atomic E-state index is 13.1. The summed E-state index contributed by atoms with van der Waals surface area (Å²) in [5, 5.41) is 14.5. The molecule has 3 aromatic rings. The number of allylic oxidation sites excluding steroid dienone is 1. The van der Waals surface area contributed by atoms with Gasteiger partial charge in [0.2, 0.25) is 0 Å². The quantitative estimate of drug-likeness (QED) is 0.369. The van der Waals surface area contributed by atoms with E-state index in [1.54, 1.807) is 20.4 Å². The Morgan fingerprint density at radius 2 is 1.94 bits per heavy atom. The van der Waals surface area contributed by atoms with E-state index < -0.39 is 0 Å². The fourth-order valence-corrected chi connectivity index (χ4v) is 4.22. The minimum absolute atomic E-state index is 0.0807. The summed E-state index contributed by atoms with van der Waals surface area (Å²) in [7, 11) is 3.25. The van der Waals surface area contributed by atoms with E-state index in [1.165, 1.54) is 11.8 Å². The Morgan fingerprint density at radius 3 is 2.56 bits per heavy atom.